The number of anilines is 1. The molecule has 2 aromatic heterocycles. The van der Waals surface area contributed by atoms with Crippen LogP contribution in [0.1, 0.15) is 17.5 Å². The first kappa shape index (κ1) is 15.3. The molecule has 1 aliphatic carbocycles. The van der Waals surface area contributed by atoms with Crippen molar-refractivity contribution in [3.63, 3.8) is 0 Å². The van der Waals surface area contributed by atoms with Gasteiger partial charge in [-0.3, -0.25) is 19.8 Å². The molecule has 26 heavy (non-hydrogen) atoms. The van der Waals surface area contributed by atoms with Crippen LogP contribution in [0.15, 0.2) is 54.9 Å². The van der Waals surface area contributed by atoms with E-state index in [9.17, 15) is 4.79 Å². The van der Waals surface area contributed by atoms with E-state index in [4.69, 9.17) is 0 Å². The fourth-order valence-electron chi connectivity index (χ4n) is 4.07. The van der Waals surface area contributed by atoms with Gasteiger partial charge in [-0.2, -0.15) is 5.10 Å². The molecule has 0 spiro atoms. The summed E-state index contributed by atoms with van der Waals surface area (Å²) in [4.78, 5) is 19.0. The Kier molecular flexibility index (Phi) is 3.42. The molecule has 1 aromatic carbocycles. The minimum Gasteiger partial charge on any atom is -0.293 e. The maximum absolute atomic E-state index is 13.0. The number of pyridine rings is 1. The number of hydrogen-bond acceptors (Lipinski definition) is 3. The molecule has 1 saturated heterocycles. The van der Waals surface area contributed by atoms with Gasteiger partial charge in [-0.1, -0.05) is 29.8 Å². The second kappa shape index (κ2) is 5.80. The Bertz CT molecular complexity index is 948. The Morgan fingerprint density at radius 3 is 2.69 bits per heavy atom. The maximum atomic E-state index is 13.0. The summed E-state index contributed by atoms with van der Waals surface area (Å²) in [5.41, 5.74) is 4.33. The molecule has 0 bridgehead atoms. The van der Waals surface area contributed by atoms with E-state index < -0.39 is 0 Å². The van der Waals surface area contributed by atoms with Crippen molar-refractivity contribution in [3.05, 3.63) is 66.0 Å². The average molecular weight is 344 g/mol. The number of carbonyl (C=O) groups is 1. The van der Waals surface area contributed by atoms with Crippen LogP contribution in [0.5, 0.6) is 0 Å². The number of aromatic amines is 1. The van der Waals surface area contributed by atoms with Gasteiger partial charge in [0.15, 0.2) is 0 Å². The third-order valence-corrected chi connectivity index (χ3v) is 5.58. The molecule has 1 aliphatic heterocycles. The van der Waals surface area contributed by atoms with Crippen LogP contribution in [0.25, 0.3) is 11.3 Å². The summed E-state index contributed by atoms with van der Waals surface area (Å²) in [5.74, 6) is 1.57. The zero-order chi connectivity index (χ0) is 17.7. The molecular formula is C21H20N4O. The molecule has 3 unspecified atom stereocenters. The predicted molar refractivity (Wildman–Crippen MR) is 99.6 cm³/mol. The number of H-pyrrole nitrogens is 1. The van der Waals surface area contributed by atoms with Crippen LogP contribution in [0, 0.1) is 18.8 Å². The zero-order valence-electron chi connectivity index (χ0n) is 14.6. The third-order valence-electron chi connectivity index (χ3n) is 5.58. The average Bonchev–Trinajstić information content (AvgIpc) is 3.18. The van der Waals surface area contributed by atoms with Crippen molar-refractivity contribution in [2.45, 2.75) is 25.8 Å². The number of benzene rings is 1. The molecular weight excluding hydrogens is 324 g/mol. The normalized spacial score (nSPS) is 24.0. The number of fused-ring (bicyclic) bond motifs is 1. The molecule has 3 aromatic rings. The molecule has 1 N–H and O–H groups in total. The SMILES string of the molecule is Cc1ccc(CC2C(=O)N(c3cc(-c4ccncc4)n[nH]3)C3CC23)cc1. The highest BCUT2D eigenvalue weighted by molar-refractivity contribution is 5.99. The molecule has 5 heteroatoms. The highest BCUT2D eigenvalue weighted by Crippen LogP contribution is 2.51. The number of nitrogens with one attached hydrogen (secondary N) is 1. The number of hydrogen-bond donors (Lipinski definition) is 1. The molecule has 1 amide bonds. The molecule has 0 radical (unpaired) electrons. The van der Waals surface area contributed by atoms with Crippen LogP contribution in [-0.2, 0) is 11.2 Å². The van der Waals surface area contributed by atoms with E-state index in [1.54, 1.807) is 12.4 Å². The lowest BCUT2D eigenvalue weighted by atomic mass is 9.95. The van der Waals surface area contributed by atoms with Crippen LogP contribution in [0.4, 0.5) is 5.82 Å². The van der Waals surface area contributed by atoms with Gasteiger partial charge < -0.3 is 0 Å². The van der Waals surface area contributed by atoms with Crippen LogP contribution >= 0.6 is 0 Å². The molecule has 5 nitrogen and oxygen atoms in total. The van der Waals surface area contributed by atoms with Gasteiger partial charge in [-0.15, -0.1) is 0 Å². The van der Waals surface area contributed by atoms with Crippen LogP contribution in [-0.4, -0.2) is 27.1 Å². The van der Waals surface area contributed by atoms with E-state index in [1.807, 2.05) is 23.1 Å². The molecule has 3 heterocycles. The Morgan fingerprint density at radius 2 is 1.92 bits per heavy atom. The summed E-state index contributed by atoms with van der Waals surface area (Å²) in [6.45, 7) is 2.09. The smallest absolute Gasteiger partial charge is 0.232 e. The van der Waals surface area contributed by atoms with Gasteiger partial charge in [0.1, 0.15) is 5.82 Å². The standard InChI is InChI=1S/C21H20N4O/c1-13-2-4-14(5-3-13)10-17-16-11-19(16)25(21(17)26)20-12-18(23-24-20)15-6-8-22-9-7-15/h2-9,12,16-17,19H,10-11H2,1H3,(H,23,24). The van der Waals surface area contributed by atoms with Crippen molar-refractivity contribution in [1.29, 1.82) is 0 Å². The van der Waals surface area contributed by atoms with E-state index in [0.717, 1.165) is 29.9 Å². The second-order valence-corrected chi connectivity index (χ2v) is 7.35. The molecule has 2 aliphatic rings. The number of piperidine rings is 1. The van der Waals surface area contributed by atoms with Gasteiger partial charge in [0.2, 0.25) is 5.91 Å². The summed E-state index contributed by atoms with van der Waals surface area (Å²) in [7, 11) is 0. The number of amides is 1. The van der Waals surface area contributed by atoms with Crippen LogP contribution in [0.3, 0.4) is 0 Å². The van der Waals surface area contributed by atoms with E-state index >= 15 is 0 Å². The first-order chi connectivity index (χ1) is 12.7. The quantitative estimate of drug-likeness (QED) is 0.789. The lowest BCUT2D eigenvalue weighted by Crippen LogP contribution is -2.32. The van der Waals surface area contributed by atoms with E-state index in [2.05, 4.69) is 46.4 Å². The molecule has 3 atom stereocenters. The fourth-order valence-corrected chi connectivity index (χ4v) is 4.07. The number of carbonyl (C=O) groups excluding carboxylic acids is 1. The maximum Gasteiger partial charge on any atom is 0.232 e. The second-order valence-electron chi connectivity index (χ2n) is 7.35. The molecule has 2 fully saturated rings. The topological polar surface area (TPSA) is 61.9 Å². The van der Waals surface area contributed by atoms with Gasteiger partial charge in [0.25, 0.3) is 0 Å². The Hall–Kier alpha value is -2.95. The number of rotatable bonds is 4. The summed E-state index contributed by atoms with van der Waals surface area (Å²) in [6, 6.07) is 14.7. The number of nitrogens with zero attached hydrogens (tertiary/aromatic N) is 3. The largest absolute Gasteiger partial charge is 0.293 e. The first-order valence-corrected chi connectivity index (χ1v) is 9.05. The van der Waals surface area contributed by atoms with Crippen molar-refractivity contribution >= 4 is 11.7 Å². The van der Waals surface area contributed by atoms with Gasteiger partial charge in [-0.05, 0) is 43.4 Å². The van der Waals surface area contributed by atoms with E-state index in [0.29, 0.717) is 12.0 Å². The van der Waals surface area contributed by atoms with Crippen molar-refractivity contribution in [2.24, 2.45) is 11.8 Å². The molecule has 1 saturated carbocycles. The minimum atomic E-state index is 0.0791. The monoisotopic (exact) mass is 344 g/mol. The number of aromatic nitrogens is 3. The summed E-state index contributed by atoms with van der Waals surface area (Å²) in [5, 5.41) is 7.45. The lowest BCUT2D eigenvalue weighted by Gasteiger charge is -2.19. The van der Waals surface area contributed by atoms with Crippen molar-refractivity contribution in [1.82, 2.24) is 15.2 Å². The Morgan fingerprint density at radius 1 is 1.15 bits per heavy atom. The van der Waals surface area contributed by atoms with E-state index in [-0.39, 0.29) is 11.8 Å². The van der Waals surface area contributed by atoms with Gasteiger partial charge in [0.05, 0.1) is 5.69 Å². The minimum absolute atomic E-state index is 0.0791. The van der Waals surface area contributed by atoms with Crippen molar-refractivity contribution in [2.75, 3.05) is 4.90 Å². The highest BCUT2D eigenvalue weighted by Gasteiger charge is 2.58. The molecule has 130 valence electrons. The van der Waals surface area contributed by atoms with Crippen molar-refractivity contribution < 1.29 is 4.79 Å². The molecule has 5 rings (SSSR count). The van der Waals surface area contributed by atoms with Gasteiger partial charge in [-0.25, -0.2) is 0 Å². The highest BCUT2D eigenvalue weighted by atomic mass is 16.2. The number of aryl methyl sites for hydroxylation is 1. The predicted octanol–water partition coefficient (Wildman–Crippen LogP) is 3.37. The summed E-state index contributed by atoms with van der Waals surface area (Å²) >= 11 is 0. The Balaban J connectivity index is 1.37. The van der Waals surface area contributed by atoms with Crippen LogP contribution < -0.4 is 4.90 Å². The Labute approximate surface area is 152 Å². The van der Waals surface area contributed by atoms with Crippen molar-refractivity contribution in [3.8, 4) is 11.3 Å². The zero-order valence-corrected chi connectivity index (χ0v) is 14.6. The lowest BCUT2D eigenvalue weighted by molar-refractivity contribution is -0.121. The van der Waals surface area contributed by atoms with Gasteiger partial charge >= 0.3 is 0 Å². The first-order valence-electron chi connectivity index (χ1n) is 9.05. The third kappa shape index (κ3) is 2.51. The summed E-state index contributed by atoms with van der Waals surface area (Å²) in [6.07, 6.45) is 5.41. The summed E-state index contributed by atoms with van der Waals surface area (Å²) < 4.78 is 0. The fraction of sp³-hybridized carbons (Fsp3) is 0.286. The van der Waals surface area contributed by atoms with E-state index in [1.165, 1.54) is 11.1 Å². The van der Waals surface area contributed by atoms with Gasteiger partial charge in [0, 0.05) is 36.0 Å². The van der Waals surface area contributed by atoms with Crippen LogP contribution in [0.2, 0.25) is 0 Å².